The first-order valence-electron chi connectivity index (χ1n) is 30.0. The number of fused-ring (bicyclic) bond motifs is 11. The van der Waals surface area contributed by atoms with Gasteiger partial charge in [-0.15, -0.1) is 0 Å². The molecule has 0 saturated heterocycles. The second-order valence-electron chi connectivity index (χ2n) is 27.3. The molecule has 0 amide bonds. The summed E-state index contributed by atoms with van der Waals surface area (Å²) in [6.45, 7) is 25.5. The molecule has 414 valence electrons. The highest BCUT2D eigenvalue weighted by molar-refractivity contribution is 6.94. The lowest BCUT2D eigenvalue weighted by Crippen LogP contribution is -2.61. The van der Waals surface area contributed by atoms with Gasteiger partial charge in [0.2, 0.25) is 0 Å². The summed E-state index contributed by atoms with van der Waals surface area (Å²) in [6, 6.07) is 73.9. The molecule has 10 aromatic carbocycles. The number of hydrogen-bond acceptors (Lipinski definition) is 6. The summed E-state index contributed by atoms with van der Waals surface area (Å²) < 4.78 is 21.0. The Balaban J connectivity index is 1.06. The molecule has 1 aromatic heterocycles. The largest absolute Gasteiger partial charge is 0.455 e. The maximum atomic E-state index is 7.25. The van der Waals surface area contributed by atoms with Crippen molar-refractivity contribution in [3.63, 3.8) is 0 Å². The molecule has 6 nitrogen and oxygen atoms in total. The Morgan fingerprint density at radius 2 is 1.04 bits per heavy atom. The van der Waals surface area contributed by atoms with E-state index in [0.717, 1.165) is 91.3 Å². The summed E-state index contributed by atoms with van der Waals surface area (Å²) in [4.78, 5) is 7.64. The monoisotopic (exact) mass is 1100 g/mol. The lowest BCUT2D eigenvalue weighted by atomic mass is 9.43. The summed E-state index contributed by atoms with van der Waals surface area (Å²) in [5, 5.41) is 2.13. The fourth-order valence-corrected chi connectivity index (χ4v) is 14.0. The number of nitrogens with zero attached hydrogens (tertiary/aromatic N) is 3. The van der Waals surface area contributed by atoms with Gasteiger partial charge in [0.1, 0.15) is 11.2 Å². The van der Waals surface area contributed by atoms with E-state index >= 15 is 0 Å². The van der Waals surface area contributed by atoms with Crippen molar-refractivity contribution in [2.45, 2.75) is 111 Å². The van der Waals surface area contributed by atoms with Crippen molar-refractivity contribution in [2.24, 2.45) is 0 Å². The van der Waals surface area contributed by atoms with Crippen LogP contribution in [0.2, 0.25) is 0 Å². The van der Waals surface area contributed by atoms with Crippen molar-refractivity contribution >= 4 is 85.2 Å². The van der Waals surface area contributed by atoms with Crippen LogP contribution in [0.15, 0.2) is 205 Å². The van der Waals surface area contributed by atoms with E-state index in [1.54, 1.807) is 0 Å². The van der Waals surface area contributed by atoms with Gasteiger partial charge >= 0.3 is 6.85 Å². The maximum absolute atomic E-state index is 7.25. The molecule has 15 rings (SSSR count). The minimum atomic E-state index is -0.336. The van der Waals surface area contributed by atoms with E-state index in [0.29, 0.717) is 23.0 Å². The molecule has 11 aromatic rings. The average Bonchev–Trinajstić information content (AvgIpc) is 1.47. The second-order valence-corrected chi connectivity index (χ2v) is 27.3. The maximum Gasteiger partial charge on any atom is 0.333 e. The highest BCUT2D eigenvalue weighted by atomic mass is 16.6. The fourth-order valence-electron chi connectivity index (χ4n) is 14.0. The third-order valence-corrected chi connectivity index (χ3v) is 18.8. The molecular weight excluding hydrogens is 1030 g/mol. The van der Waals surface area contributed by atoms with E-state index in [4.69, 9.17) is 13.9 Å². The normalized spacial score (nSPS) is 15.3. The van der Waals surface area contributed by atoms with Gasteiger partial charge in [-0.2, -0.15) is 0 Å². The van der Waals surface area contributed by atoms with Crippen molar-refractivity contribution in [1.82, 2.24) is 0 Å². The minimum Gasteiger partial charge on any atom is -0.455 e. The number of aryl methyl sites for hydroxylation is 1. The van der Waals surface area contributed by atoms with Gasteiger partial charge in [-0.3, -0.25) is 0 Å². The standard InChI is InChI=1S/C77H70BN3O3/c1-47-41-59-60(77(10,11)40-39-76(59,8)9)45-62(47)80-64-42-55(79(52-33-27-50(28-34-52)74(2,3)4)53-35-29-51(30-36-53)75(5,6)7)37-38-61(64)78-72-65(80)43-57-56-21-15-16-22-66(56)84-73(57)71(72)58-44-69-70(83-68-24-18-17-23-67(68)82-69)46-63(58)81(78)54-31-25-49(26-32-54)48-19-13-12-14-20-48/h12-38,41-46H,39-40H2,1-11H3. The first-order chi connectivity index (χ1) is 40.3. The highest BCUT2D eigenvalue weighted by Gasteiger charge is 2.48. The Morgan fingerprint density at radius 3 is 1.67 bits per heavy atom. The third-order valence-electron chi connectivity index (χ3n) is 18.8. The number of benzene rings is 10. The summed E-state index contributed by atoms with van der Waals surface area (Å²) in [6.07, 6.45) is 2.24. The second kappa shape index (κ2) is 18.5. The first kappa shape index (κ1) is 51.9. The van der Waals surface area contributed by atoms with E-state index < -0.39 is 0 Å². The topological polar surface area (TPSA) is 41.3 Å². The number of ether oxygens (including phenoxy) is 2. The van der Waals surface area contributed by atoms with Gasteiger partial charge in [0, 0.05) is 73.5 Å². The molecule has 4 heterocycles. The van der Waals surface area contributed by atoms with Gasteiger partial charge < -0.3 is 28.5 Å². The molecular formula is C77H70BN3O3. The van der Waals surface area contributed by atoms with Crippen LogP contribution in [0, 0.1) is 6.92 Å². The summed E-state index contributed by atoms with van der Waals surface area (Å²) in [7, 11) is 0. The molecule has 1 aliphatic carbocycles. The number of hydrogen-bond donors (Lipinski definition) is 0. The van der Waals surface area contributed by atoms with Crippen LogP contribution in [-0.4, -0.2) is 6.85 Å². The molecule has 4 aliphatic rings. The van der Waals surface area contributed by atoms with E-state index in [2.05, 4.69) is 267 Å². The molecule has 0 atom stereocenters. The molecule has 3 aliphatic heterocycles. The zero-order chi connectivity index (χ0) is 57.8. The van der Waals surface area contributed by atoms with Crippen LogP contribution >= 0.6 is 0 Å². The van der Waals surface area contributed by atoms with Crippen LogP contribution in [0.25, 0.3) is 44.2 Å². The Hall–Kier alpha value is -8.94. The van der Waals surface area contributed by atoms with Crippen LogP contribution in [0.1, 0.15) is 110 Å². The number of furan rings is 1. The summed E-state index contributed by atoms with van der Waals surface area (Å²) in [5.41, 5.74) is 23.8. The van der Waals surface area contributed by atoms with Crippen molar-refractivity contribution in [3.8, 4) is 45.3 Å². The molecule has 7 heteroatoms. The van der Waals surface area contributed by atoms with E-state index in [1.165, 1.54) is 50.0 Å². The van der Waals surface area contributed by atoms with Crippen LogP contribution < -0.4 is 35.0 Å². The Bertz CT molecular complexity index is 4410. The van der Waals surface area contributed by atoms with Gasteiger partial charge in [0.25, 0.3) is 0 Å². The number of rotatable bonds is 6. The zero-order valence-corrected chi connectivity index (χ0v) is 50.1. The average molecular weight is 1100 g/mol. The van der Waals surface area contributed by atoms with Crippen molar-refractivity contribution in [3.05, 3.63) is 228 Å². The quantitative estimate of drug-likeness (QED) is 0.155. The molecule has 0 saturated carbocycles. The van der Waals surface area contributed by atoms with Gasteiger partial charge in [-0.1, -0.05) is 178 Å². The minimum absolute atomic E-state index is 0.00613. The van der Waals surface area contributed by atoms with E-state index in [-0.39, 0.29) is 28.5 Å². The van der Waals surface area contributed by atoms with Crippen LogP contribution in [0.5, 0.6) is 23.0 Å². The molecule has 0 fully saturated rings. The van der Waals surface area contributed by atoms with Gasteiger partial charge in [0.05, 0.1) is 0 Å². The lowest BCUT2D eigenvalue weighted by Gasteiger charge is -2.47. The third kappa shape index (κ3) is 8.20. The van der Waals surface area contributed by atoms with Gasteiger partial charge in [0.15, 0.2) is 23.0 Å². The predicted molar refractivity (Wildman–Crippen MR) is 352 cm³/mol. The molecule has 84 heavy (non-hydrogen) atoms. The van der Waals surface area contributed by atoms with Crippen LogP contribution in [0.4, 0.5) is 45.5 Å². The Kier molecular flexibility index (Phi) is 11.5. The van der Waals surface area contributed by atoms with E-state index in [1.807, 2.05) is 24.3 Å². The molecule has 0 unspecified atom stereocenters. The SMILES string of the molecule is Cc1cc2c(cc1N1c3cc(N(c4ccc(C(C)(C)C)cc4)c4ccc(C(C)(C)C)cc4)ccc3B3c4c1cc1c(oc5ccccc51)c4-c1cc4c(cc1N3c1ccc(-c3ccccc3)cc1)Oc1ccccc1O4)C(C)(C)CCC2(C)C. The molecule has 0 bridgehead atoms. The Labute approximate surface area is 495 Å². The number of para-hydroxylation sites is 3. The predicted octanol–water partition coefficient (Wildman–Crippen LogP) is 20.6. The first-order valence-corrected chi connectivity index (χ1v) is 30.0. The van der Waals surface area contributed by atoms with Gasteiger partial charge in [-0.05, 0) is 176 Å². The molecule has 0 N–H and O–H groups in total. The lowest BCUT2D eigenvalue weighted by molar-refractivity contribution is 0.332. The van der Waals surface area contributed by atoms with Crippen LogP contribution in [0.3, 0.4) is 0 Å². The number of anilines is 8. The van der Waals surface area contributed by atoms with Crippen molar-refractivity contribution in [1.29, 1.82) is 0 Å². The molecule has 0 spiro atoms. The highest BCUT2D eigenvalue weighted by Crippen LogP contribution is 2.57. The zero-order valence-electron chi connectivity index (χ0n) is 50.1. The van der Waals surface area contributed by atoms with Gasteiger partial charge in [-0.25, -0.2) is 0 Å². The fraction of sp³-hybridized carbons (Fsp3) is 0.221. The van der Waals surface area contributed by atoms with E-state index in [9.17, 15) is 0 Å². The Morgan fingerprint density at radius 1 is 0.476 bits per heavy atom. The smallest absolute Gasteiger partial charge is 0.333 e. The summed E-state index contributed by atoms with van der Waals surface area (Å²) >= 11 is 0. The molecule has 0 radical (unpaired) electrons. The summed E-state index contributed by atoms with van der Waals surface area (Å²) in [5.74, 6) is 2.69. The van der Waals surface area contributed by atoms with Crippen molar-refractivity contribution < 1.29 is 13.9 Å². The van der Waals surface area contributed by atoms with Crippen LogP contribution in [-0.2, 0) is 21.7 Å². The van der Waals surface area contributed by atoms with Crippen molar-refractivity contribution in [2.75, 3.05) is 14.6 Å².